The summed E-state index contributed by atoms with van der Waals surface area (Å²) in [4.78, 5) is 11.8. The molecule has 4 heteroatoms. The van der Waals surface area contributed by atoms with Crippen LogP contribution in [0.3, 0.4) is 0 Å². The van der Waals surface area contributed by atoms with E-state index in [0.717, 1.165) is 12.0 Å². The highest BCUT2D eigenvalue weighted by molar-refractivity contribution is 5.97. The van der Waals surface area contributed by atoms with Crippen molar-refractivity contribution < 1.29 is 19.4 Å². The molecule has 21 heavy (non-hydrogen) atoms. The predicted molar refractivity (Wildman–Crippen MR) is 82.1 cm³/mol. The molecular weight excluding hydrogens is 268 g/mol. The lowest BCUT2D eigenvalue weighted by atomic mass is 10.1. The number of carbonyl (C=O) groups excluding carboxylic acids is 1. The molecule has 1 N–H and O–H groups in total. The van der Waals surface area contributed by atoms with Crippen molar-refractivity contribution in [2.24, 2.45) is 0 Å². The lowest BCUT2D eigenvalue weighted by molar-refractivity contribution is -0.134. The Morgan fingerprint density at radius 3 is 2.62 bits per heavy atom. The normalized spacial score (nSPS) is 10.6. The van der Waals surface area contributed by atoms with Crippen LogP contribution in [-0.4, -0.2) is 17.7 Å². The molecule has 0 aromatic heterocycles. The third-order valence-electron chi connectivity index (χ3n) is 3.16. The summed E-state index contributed by atoms with van der Waals surface area (Å²) in [6, 6.07) is 7.10. The van der Waals surface area contributed by atoms with Gasteiger partial charge in [-0.2, -0.15) is 0 Å². The third kappa shape index (κ3) is 3.27. The van der Waals surface area contributed by atoms with Gasteiger partial charge in [-0.1, -0.05) is 24.6 Å². The molecule has 0 unspecified atom stereocenters. The van der Waals surface area contributed by atoms with Crippen LogP contribution < -0.4 is 9.47 Å². The number of rotatable bonds is 5. The Morgan fingerprint density at radius 1 is 1.19 bits per heavy atom. The summed E-state index contributed by atoms with van der Waals surface area (Å²) in [5.41, 5.74) is 1.02. The van der Waals surface area contributed by atoms with Gasteiger partial charge in [0, 0.05) is 23.3 Å². The first kappa shape index (κ1) is 15.2. The fourth-order valence-electron chi connectivity index (χ4n) is 2.21. The van der Waals surface area contributed by atoms with Gasteiger partial charge in [-0.3, -0.25) is 4.79 Å². The SMILES string of the molecule is CCCC(=O)Oc1c(OCC)cc(O)c2cc(C)ccc12. The van der Waals surface area contributed by atoms with Gasteiger partial charge in [0.25, 0.3) is 0 Å². The van der Waals surface area contributed by atoms with E-state index in [2.05, 4.69) is 0 Å². The van der Waals surface area contributed by atoms with E-state index in [1.165, 1.54) is 6.07 Å². The average Bonchev–Trinajstić information content (AvgIpc) is 2.44. The molecule has 0 aliphatic carbocycles. The Labute approximate surface area is 124 Å². The van der Waals surface area contributed by atoms with Gasteiger partial charge in [-0.05, 0) is 26.3 Å². The predicted octanol–water partition coefficient (Wildman–Crippen LogP) is 3.96. The van der Waals surface area contributed by atoms with Crippen LogP contribution in [0.15, 0.2) is 24.3 Å². The van der Waals surface area contributed by atoms with Gasteiger partial charge in [0.1, 0.15) is 5.75 Å². The number of aryl methyl sites for hydroxylation is 1. The van der Waals surface area contributed by atoms with E-state index in [1.54, 1.807) is 0 Å². The summed E-state index contributed by atoms with van der Waals surface area (Å²) >= 11 is 0. The van der Waals surface area contributed by atoms with Crippen LogP contribution >= 0.6 is 0 Å². The van der Waals surface area contributed by atoms with E-state index in [-0.39, 0.29) is 11.7 Å². The molecule has 4 nitrogen and oxygen atoms in total. The molecule has 0 saturated heterocycles. The van der Waals surface area contributed by atoms with Crippen LogP contribution in [-0.2, 0) is 4.79 Å². The number of hydrogen-bond acceptors (Lipinski definition) is 4. The molecule has 0 radical (unpaired) electrons. The minimum atomic E-state index is -0.300. The number of phenols is 1. The lowest BCUT2D eigenvalue weighted by Gasteiger charge is -2.14. The minimum Gasteiger partial charge on any atom is -0.507 e. The van der Waals surface area contributed by atoms with Gasteiger partial charge in [-0.15, -0.1) is 0 Å². The average molecular weight is 288 g/mol. The topological polar surface area (TPSA) is 55.8 Å². The second-order valence-corrected chi connectivity index (χ2v) is 4.93. The number of phenolic OH excluding ortho intramolecular Hbond substituents is 1. The summed E-state index contributed by atoms with van der Waals surface area (Å²) in [5, 5.41) is 11.5. The van der Waals surface area contributed by atoms with Crippen LogP contribution in [0.1, 0.15) is 32.3 Å². The summed E-state index contributed by atoms with van der Waals surface area (Å²) in [7, 11) is 0. The zero-order valence-electron chi connectivity index (χ0n) is 12.6. The van der Waals surface area contributed by atoms with Gasteiger partial charge in [-0.25, -0.2) is 0 Å². The summed E-state index contributed by atoms with van der Waals surface area (Å²) in [6.07, 6.45) is 1.07. The molecule has 0 saturated carbocycles. The van der Waals surface area contributed by atoms with Crippen molar-refractivity contribution in [3.05, 3.63) is 29.8 Å². The number of carbonyl (C=O) groups is 1. The van der Waals surface area contributed by atoms with Gasteiger partial charge < -0.3 is 14.6 Å². The van der Waals surface area contributed by atoms with Crippen molar-refractivity contribution >= 4 is 16.7 Å². The Morgan fingerprint density at radius 2 is 1.95 bits per heavy atom. The van der Waals surface area contributed by atoms with Crippen LogP contribution in [0.25, 0.3) is 10.8 Å². The van der Waals surface area contributed by atoms with Crippen LogP contribution in [0, 0.1) is 6.92 Å². The molecule has 2 rings (SSSR count). The Bertz CT molecular complexity index is 661. The quantitative estimate of drug-likeness (QED) is 0.668. The van der Waals surface area contributed by atoms with E-state index in [0.29, 0.717) is 35.3 Å². The van der Waals surface area contributed by atoms with Crippen molar-refractivity contribution in [1.29, 1.82) is 0 Å². The molecule has 0 aliphatic rings. The van der Waals surface area contributed by atoms with Crippen molar-refractivity contribution in [3.63, 3.8) is 0 Å². The molecule has 0 fully saturated rings. The number of fused-ring (bicyclic) bond motifs is 1. The summed E-state index contributed by atoms with van der Waals surface area (Å²) in [5.74, 6) is 0.581. The van der Waals surface area contributed by atoms with E-state index >= 15 is 0 Å². The number of esters is 1. The van der Waals surface area contributed by atoms with Crippen molar-refractivity contribution in [1.82, 2.24) is 0 Å². The second-order valence-electron chi connectivity index (χ2n) is 4.93. The zero-order valence-corrected chi connectivity index (χ0v) is 12.6. The molecule has 2 aromatic carbocycles. The smallest absolute Gasteiger partial charge is 0.311 e. The Balaban J connectivity index is 2.59. The van der Waals surface area contributed by atoms with Gasteiger partial charge >= 0.3 is 5.97 Å². The maximum absolute atomic E-state index is 11.8. The molecule has 0 bridgehead atoms. The van der Waals surface area contributed by atoms with Gasteiger partial charge in [0.15, 0.2) is 11.5 Å². The summed E-state index contributed by atoms with van der Waals surface area (Å²) in [6.45, 7) is 6.13. The van der Waals surface area contributed by atoms with Crippen molar-refractivity contribution in [2.45, 2.75) is 33.6 Å². The molecule has 112 valence electrons. The Hall–Kier alpha value is -2.23. The van der Waals surface area contributed by atoms with E-state index < -0.39 is 0 Å². The molecule has 2 aromatic rings. The van der Waals surface area contributed by atoms with Crippen LogP contribution in [0.4, 0.5) is 0 Å². The van der Waals surface area contributed by atoms with Crippen molar-refractivity contribution in [3.8, 4) is 17.2 Å². The van der Waals surface area contributed by atoms with Gasteiger partial charge in [0.05, 0.1) is 6.61 Å². The molecule has 0 spiro atoms. The van der Waals surface area contributed by atoms with Crippen LogP contribution in [0.2, 0.25) is 0 Å². The first-order valence-electron chi connectivity index (χ1n) is 7.16. The third-order valence-corrected chi connectivity index (χ3v) is 3.16. The highest BCUT2D eigenvalue weighted by Crippen LogP contribution is 2.41. The standard InChI is InChI=1S/C17H20O4/c1-4-6-16(19)21-17-12-8-7-11(3)9-13(12)14(18)10-15(17)20-5-2/h7-10,18H,4-6H2,1-3H3. The largest absolute Gasteiger partial charge is 0.507 e. The fraction of sp³-hybridized carbons (Fsp3) is 0.353. The maximum atomic E-state index is 11.8. The number of aromatic hydroxyl groups is 1. The number of ether oxygens (including phenoxy) is 2. The summed E-state index contributed by atoms with van der Waals surface area (Å²) < 4.78 is 11.0. The molecule has 0 aliphatic heterocycles. The maximum Gasteiger partial charge on any atom is 0.311 e. The first-order chi connectivity index (χ1) is 10.1. The molecule has 0 heterocycles. The minimum absolute atomic E-state index is 0.118. The first-order valence-corrected chi connectivity index (χ1v) is 7.16. The van der Waals surface area contributed by atoms with Gasteiger partial charge in [0.2, 0.25) is 0 Å². The zero-order chi connectivity index (χ0) is 15.4. The molecule has 0 atom stereocenters. The van der Waals surface area contributed by atoms with E-state index in [4.69, 9.17) is 9.47 Å². The lowest BCUT2D eigenvalue weighted by Crippen LogP contribution is -2.09. The van der Waals surface area contributed by atoms with Crippen molar-refractivity contribution in [2.75, 3.05) is 6.61 Å². The van der Waals surface area contributed by atoms with Crippen LogP contribution in [0.5, 0.6) is 17.2 Å². The number of hydrogen-bond donors (Lipinski definition) is 1. The van der Waals surface area contributed by atoms with E-state index in [9.17, 15) is 9.90 Å². The van der Waals surface area contributed by atoms with E-state index in [1.807, 2.05) is 39.0 Å². The monoisotopic (exact) mass is 288 g/mol. The molecule has 0 amide bonds. The number of benzene rings is 2. The fourth-order valence-corrected chi connectivity index (χ4v) is 2.21. The Kier molecular flexibility index (Phi) is 4.68. The highest BCUT2D eigenvalue weighted by atomic mass is 16.6. The molecular formula is C17H20O4. The second kappa shape index (κ2) is 6.48. The highest BCUT2D eigenvalue weighted by Gasteiger charge is 2.17.